The van der Waals surface area contributed by atoms with E-state index in [4.69, 9.17) is 0 Å². The molecule has 2 rings (SSSR count). The van der Waals surface area contributed by atoms with Crippen molar-refractivity contribution < 1.29 is 18.3 Å². The molecule has 1 aromatic carbocycles. The van der Waals surface area contributed by atoms with Crippen LogP contribution in [0.15, 0.2) is 18.2 Å². The molecule has 3 nitrogen and oxygen atoms in total. The Morgan fingerprint density at radius 3 is 2.93 bits per heavy atom. The van der Waals surface area contributed by atoms with Crippen molar-refractivity contribution in [1.29, 1.82) is 0 Å². The van der Waals surface area contributed by atoms with E-state index in [1.54, 1.807) is 0 Å². The van der Waals surface area contributed by atoms with E-state index in [-0.39, 0.29) is 12.2 Å². The number of alkyl carbamates (subject to hydrolysis) is 1. The van der Waals surface area contributed by atoms with Crippen molar-refractivity contribution in [2.45, 2.75) is 12.5 Å². The molecule has 1 atom stereocenters. The van der Waals surface area contributed by atoms with Crippen molar-refractivity contribution >= 4 is 6.09 Å². The van der Waals surface area contributed by atoms with Crippen LogP contribution in [0.5, 0.6) is 0 Å². The van der Waals surface area contributed by atoms with Crippen LogP contribution >= 0.6 is 0 Å². The Kier molecular flexibility index (Phi) is 2.53. The number of carbonyl (C=O) groups is 1. The van der Waals surface area contributed by atoms with Gasteiger partial charge in [0.15, 0.2) is 0 Å². The van der Waals surface area contributed by atoms with E-state index in [0.29, 0.717) is 6.42 Å². The molecule has 5 heteroatoms. The number of amides is 1. The fourth-order valence-corrected chi connectivity index (χ4v) is 1.54. The third-order valence-electron chi connectivity index (χ3n) is 2.27. The summed E-state index contributed by atoms with van der Waals surface area (Å²) in [7, 11) is 0. The fraction of sp³-hybridized carbons (Fsp3) is 0.300. The van der Waals surface area contributed by atoms with Crippen molar-refractivity contribution in [3.05, 3.63) is 35.4 Å². The first kappa shape index (κ1) is 9.89. The molecule has 1 N–H and O–H groups in total. The zero-order chi connectivity index (χ0) is 10.8. The number of nitrogens with one attached hydrogen (secondary N) is 1. The average molecular weight is 213 g/mol. The molecule has 1 aliphatic heterocycles. The van der Waals surface area contributed by atoms with E-state index in [1.807, 2.05) is 0 Å². The number of benzene rings is 1. The summed E-state index contributed by atoms with van der Waals surface area (Å²) in [5.74, 6) is -1.05. The van der Waals surface area contributed by atoms with Crippen LogP contribution in [0.1, 0.15) is 18.0 Å². The summed E-state index contributed by atoms with van der Waals surface area (Å²) in [4.78, 5) is 10.9. The van der Waals surface area contributed by atoms with Gasteiger partial charge in [0, 0.05) is 12.0 Å². The molecular formula is C10H9F2NO2. The van der Waals surface area contributed by atoms with Crippen LogP contribution in [0.2, 0.25) is 0 Å². The van der Waals surface area contributed by atoms with Crippen LogP contribution < -0.4 is 5.32 Å². The van der Waals surface area contributed by atoms with E-state index in [9.17, 15) is 13.6 Å². The second-order valence-electron chi connectivity index (χ2n) is 3.29. The van der Waals surface area contributed by atoms with E-state index in [0.717, 1.165) is 18.2 Å². The minimum Gasteiger partial charge on any atom is -0.449 e. The molecule has 0 unspecified atom stereocenters. The maximum absolute atomic E-state index is 13.3. The number of ether oxygens (including phenoxy) is 1. The second kappa shape index (κ2) is 3.84. The van der Waals surface area contributed by atoms with Crippen LogP contribution in [0.4, 0.5) is 13.6 Å². The van der Waals surface area contributed by atoms with Crippen molar-refractivity contribution in [2.75, 3.05) is 6.61 Å². The maximum Gasteiger partial charge on any atom is 0.407 e. The smallest absolute Gasteiger partial charge is 0.407 e. The lowest BCUT2D eigenvalue weighted by molar-refractivity contribution is 0.115. The fourth-order valence-electron chi connectivity index (χ4n) is 1.54. The van der Waals surface area contributed by atoms with Gasteiger partial charge in [-0.25, -0.2) is 13.6 Å². The van der Waals surface area contributed by atoms with Gasteiger partial charge < -0.3 is 10.1 Å². The molecule has 1 amide bonds. The van der Waals surface area contributed by atoms with Crippen molar-refractivity contribution in [3.63, 3.8) is 0 Å². The SMILES string of the molecule is O=C1N[C@@H](c2cc(F)ccc2F)CCO1. The Labute approximate surface area is 85.0 Å². The van der Waals surface area contributed by atoms with Crippen molar-refractivity contribution in [2.24, 2.45) is 0 Å². The first-order chi connectivity index (χ1) is 7.16. The van der Waals surface area contributed by atoms with Gasteiger partial charge in [0.25, 0.3) is 0 Å². The highest BCUT2D eigenvalue weighted by Crippen LogP contribution is 2.23. The summed E-state index contributed by atoms with van der Waals surface area (Å²) in [6.07, 6.45) is -0.165. The van der Waals surface area contributed by atoms with Gasteiger partial charge in [-0.3, -0.25) is 0 Å². The molecule has 0 saturated carbocycles. The molecule has 80 valence electrons. The molecule has 15 heavy (non-hydrogen) atoms. The number of halogens is 2. The van der Waals surface area contributed by atoms with Gasteiger partial charge in [-0.2, -0.15) is 0 Å². The molecular weight excluding hydrogens is 204 g/mol. The zero-order valence-electron chi connectivity index (χ0n) is 7.80. The van der Waals surface area contributed by atoms with Crippen molar-refractivity contribution in [1.82, 2.24) is 5.32 Å². The van der Waals surface area contributed by atoms with Crippen LogP contribution in [0.3, 0.4) is 0 Å². The molecule has 0 bridgehead atoms. The van der Waals surface area contributed by atoms with Crippen LogP contribution in [-0.2, 0) is 4.74 Å². The van der Waals surface area contributed by atoms with Gasteiger partial charge in [0.1, 0.15) is 11.6 Å². The Balaban J connectivity index is 2.27. The van der Waals surface area contributed by atoms with Gasteiger partial charge in [-0.05, 0) is 18.2 Å². The van der Waals surface area contributed by atoms with Gasteiger partial charge in [0.05, 0.1) is 12.6 Å². The summed E-state index contributed by atoms with van der Waals surface area (Å²) < 4.78 is 30.8. The largest absolute Gasteiger partial charge is 0.449 e. The van der Waals surface area contributed by atoms with Gasteiger partial charge in [-0.1, -0.05) is 0 Å². The van der Waals surface area contributed by atoms with Gasteiger partial charge >= 0.3 is 6.09 Å². The van der Waals surface area contributed by atoms with Crippen LogP contribution in [0.25, 0.3) is 0 Å². The van der Waals surface area contributed by atoms with Crippen molar-refractivity contribution in [3.8, 4) is 0 Å². The summed E-state index contributed by atoms with van der Waals surface area (Å²) in [5.41, 5.74) is 0.159. The Morgan fingerprint density at radius 1 is 1.40 bits per heavy atom. The lowest BCUT2D eigenvalue weighted by Gasteiger charge is -2.23. The standard InChI is InChI=1S/C10H9F2NO2/c11-6-1-2-8(12)7(5-6)9-3-4-15-10(14)13-9/h1-2,5,9H,3-4H2,(H,13,14)/t9-/m1/s1. The van der Waals surface area contributed by atoms with Crippen LogP contribution in [0, 0.1) is 11.6 Å². The summed E-state index contributed by atoms with van der Waals surface area (Å²) >= 11 is 0. The minimum atomic E-state index is -0.602. The highest BCUT2D eigenvalue weighted by Gasteiger charge is 2.23. The molecule has 0 radical (unpaired) electrons. The highest BCUT2D eigenvalue weighted by atomic mass is 19.1. The first-order valence-electron chi connectivity index (χ1n) is 4.55. The summed E-state index contributed by atoms with van der Waals surface area (Å²) in [5, 5.41) is 2.43. The van der Waals surface area contributed by atoms with Gasteiger partial charge in [-0.15, -0.1) is 0 Å². The topological polar surface area (TPSA) is 38.3 Å². The number of cyclic esters (lactones) is 1. The average Bonchev–Trinajstić information content (AvgIpc) is 2.22. The molecule has 0 aliphatic carbocycles. The first-order valence-corrected chi connectivity index (χ1v) is 4.55. The van der Waals surface area contributed by atoms with E-state index >= 15 is 0 Å². The molecule has 1 heterocycles. The highest BCUT2D eigenvalue weighted by molar-refractivity contribution is 5.68. The minimum absolute atomic E-state index is 0.159. The number of rotatable bonds is 1. The number of hydrogen-bond acceptors (Lipinski definition) is 2. The Bertz CT molecular complexity index is 395. The molecule has 0 spiro atoms. The Hall–Kier alpha value is -1.65. The normalized spacial score (nSPS) is 20.7. The Morgan fingerprint density at radius 2 is 2.20 bits per heavy atom. The third-order valence-corrected chi connectivity index (χ3v) is 2.27. The lowest BCUT2D eigenvalue weighted by atomic mass is 10.0. The molecule has 0 aromatic heterocycles. The summed E-state index contributed by atoms with van der Waals surface area (Å²) in [6, 6.07) is 2.67. The quantitative estimate of drug-likeness (QED) is 0.776. The zero-order valence-corrected chi connectivity index (χ0v) is 7.80. The van der Waals surface area contributed by atoms with E-state index in [1.165, 1.54) is 0 Å². The lowest BCUT2D eigenvalue weighted by Crippen LogP contribution is -2.35. The van der Waals surface area contributed by atoms with Gasteiger partial charge in [0.2, 0.25) is 0 Å². The maximum atomic E-state index is 13.3. The molecule has 1 fully saturated rings. The predicted molar refractivity (Wildman–Crippen MR) is 48.2 cm³/mol. The second-order valence-corrected chi connectivity index (χ2v) is 3.29. The monoisotopic (exact) mass is 213 g/mol. The molecule has 1 aliphatic rings. The van der Waals surface area contributed by atoms with E-state index in [2.05, 4.69) is 10.1 Å². The predicted octanol–water partition coefficient (Wildman–Crippen LogP) is 2.14. The summed E-state index contributed by atoms with van der Waals surface area (Å²) in [6.45, 7) is 0.215. The van der Waals surface area contributed by atoms with Crippen LogP contribution in [-0.4, -0.2) is 12.7 Å². The molecule has 1 aromatic rings. The van der Waals surface area contributed by atoms with E-state index < -0.39 is 23.8 Å². The number of carbonyl (C=O) groups excluding carboxylic acids is 1. The molecule has 1 saturated heterocycles. The third kappa shape index (κ3) is 2.06. The number of hydrogen-bond donors (Lipinski definition) is 1.